The summed E-state index contributed by atoms with van der Waals surface area (Å²) in [4.78, 5) is 0.0384. The molecule has 3 rings (SSSR count). The van der Waals surface area contributed by atoms with Gasteiger partial charge >= 0.3 is 0 Å². The molecule has 24 heavy (non-hydrogen) atoms. The monoisotopic (exact) mass is 349 g/mol. The Morgan fingerprint density at radius 1 is 1.21 bits per heavy atom. The molecular formula is C17H19NO5S. The van der Waals surface area contributed by atoms with Gasteiger partial charge in [-0.2, -0.15) is 0 Å². The van der Waals surface area contributed by atoms with E-state index in [2.05, 4.69) is 4.72 Å². The van der Waals surface area contributed by atoms with Crippen molar-refractivity contribution in [2.75, 3.05) is 20.3 Å². The number of ether oxygens (including phenoxy) is 2. The Balaban J connectivity index is 1.85. The number of fused-ring (bicyclic) bond motifs is 1. The number of sulfonamides is 1. The van der Waals surface area contributed by atoms with Crippen molar-refractivity contribution in [3.8, 4) is 11.5 Å². The lowest BCUT2D eigenvalue weighted by molar-refractivity contribution is 0.00218. The summed E-state index contributed by atoms with van der Waals surface area (Å²) >= 11 is 0. The molecule has 0 aromatic heterocycles. The average molecular weight is 349 g/mol. The van der Waals surface area contributed by atoms with Gasteiger partial charge in [0.25, 0.3) is 0 Å². The largest absolute Gasteiger partial charge is 0.495 e. The molecule has 0 saturated heterocycles. The number of aliphatic hydroxyl groups is 1. The number of para-hydroxylation sites is 2. The molecule has 0 unspecified atom stereocenters. The minimum absolute atomic E-state index is 0.0384. The molecule has 0 saturated carbocycles. The van der Waals surface area contributed by atoms with E-state index in [1.807, 2.05) is 6.07 Å². The molecule has 2 aromatic rings. The van der Waals surface area contributed by atoms with E-state index in [1.165, 1.54) is 13.2 Å². The second-order valence-corrected chi connectivity index (χ2v) is 7.34. The molecule has 7 heteroatoms. The van der Waals surface area contributed by atoms with Crippen LogP contribution in [0.4, 0.5) is 0 Å². The Morgan fingerprint density at radius 2 is 1.92 bits per heavy atom. The fourth-order valence-electron chi connectivity index (χ4n) is 2.76. The summed E-state index contributed by atoms with van der Waals surface area (Å²) in [6.07, 6.45) is 0.304. The second kappa shape index (κ2) is 6.43. The van der Waals surface area contributed by atoms with Gasteiger partial charge in [-0.05, 0) is 18.2 Å². The first-order valence-electron chi connectivity index (χ1n) is 7.54. The number of rotatable bonds is 5. The molecule has 0 amide bonds. The summed E-state index contributed by atoms with van der Waals surface area (Å²) in [6.45, 7) is 0.178. The van der Waals surface area contributed by atoms with Crippen LogP contribution in [0.5, 0.6) is 11.5 Å². The summed E-state index contributed by atoms with van der Waals surface area (Å²) in [5, 5.41) is 10.9. The Bertz CT molecular complexity index is 836. The smallest absolute Gasteiger partial charge is 0.244 e. The van der Waals surface area contributed by atoms with Crippen molar-refractivity contribution in [3.05, 3.63) is 54.1 Å². The number of hydrogen-bond acceptors (Lipinski definition) is 5. The van der Waals surface area contributed by atoms with E-state index in [1.54, 1.807) is 36.4 Å². The van der Waals surface area contributed by atoms with Gasteiger partial charge in [0.2, 0.25) is 10.0 Å². The molecule has 0 aliphatic carbocycles. The minimum Gasteiger partial charge on any atom is -0.495 e. The first-order valence-corrected chi connectivity index (χ1v) is 9.02. The van der Waals surface area contributed by atoms with Gasteiger partial charge in [-0.3, -0.25) is 0 Å². The molecule has 1 aliphatic heterocycles. The van der Waals surface area contributed by atoms with E-state index in [9.17, 15) is 13.5 Å². The summed E-state index contributed by atoms with van der Waals surface area (Å²) in [6, 6.07) is 13.4. The van der Waals surface area contributed by atoms with E-state index in [4.69, 9.17) is 9.47 Å². The average Bonchev–Trinajstić information content (AvgIpc) is 2.61. The highest BCUT2D eigenvalue weighted by Crippen LogP contribution is 2.36. The topological polar surface area (TPSA) is 84.9 Å². The maximum absolute atomic E-state index is 12.6. The molecule has 128 valence electrons. The van der Waals surface area contributed by atoms with Crippen LogP contribution in [0.25, 0.3) is 0 Å². The van der Waals surface area contributed by atoms with Crippen LogP contribution in [0.15, 0.2) is 53.4 Å². The van der Waals surface area contributed by atoms with Gasteiger partial charge in [-0.1, -0.05) is 30.3 Å². The Kier molecular flexibility index (Phi) is 4.49. The van der Waals surface area contributed by atoms with Crippen molar-refractivity contribution in [2.45, 2.75) is 16.9 Å². The fraction of sp³-hybridized carbons (Fsp3) is 0.294. The van der Waals surface area contributed by atoms with Gasteiger partial charge in [-0.15, -0.1) is 0 Å². The normalized spacial score (nSPS) is 20.1. The van der Waals surface area contributed by atoms with E-state index in [0.717, 1.165) is 0 Å². The first kappa shape index (κ1) is 16.8. The standard InChI is InChI=1S/C17H19NO5S/c1-22-15-8-4-5-9-16(15)24(20,21)18-12-17(19)10-11-23-14-7-3-2-6-13(14)17/h2-9,18-19H,10-12H2,1H3/t17-/m1/s1. The van der Waals surface area contributed by atoms with E-state index in [-0.39, 0.29) is 17.2 Å². The summed E-state index contributed by atoms with van der Waals surface area (Å²) in [7, 11) is -2.41. The molecule has 0 radical (unpaired) electrons. The fourth-order valence-corrected chi connectivity index (χ4v) is 4.02. The molecule has 0 fully saturated rings. The zero-order valence-corrected chi connectivity index (χ0v) is 14.0. The Hall–Kier alpha value is -2.09. The maximum Gasteiger partial charge on any atom is 0.244 e. The predicted molar refractivity (Wildman–Crippen MR) is 88.6 cm³/mol. The van der Waals surface area contributed by atoms with Crippen LogP contribution in [0.2, 0.25) is 0 Å². The van der Waals surface area contributed by atoms with E-state index in [0.29, 0.717) is 24.3 Å². The van der Waals surface area contributed by atoms with Crippen molar-refractivity contribution in [1.82, 2.24) is 4.72 Å². The maximum atomic E-state index is 12.6. The first-order chi connectivity index (χ1) is 11.5. The number of benzene rings is 2. The minimum atomic E-state index is -3.82. The molecule has 1 aliphatic rings. The van der Waals surface area contributed by atoms with Crippen LogP contribution < -0.4 is 14.2 Å². The predicted octanol–water partition coefficient (Wildman–Crippen LogP) is 1.64. The van der Waals surface area contributed by atoms with Gasteiger partial charge < -0.3 is 14.6 Å². The quantitative estimate of drug-likeness (QED) is 0.857. The van der Waals surface area contributed by atoms with Crippen molar-refractivity contribution in [1.29, 1.82) is 0 Å². The van der Waals surface area contributed by atoms with Crippen LogP contribution >= 0.6 is 0 Å². The Labute approximate surface area is 141 Å². The van der Waals surface area contributed by atoms with Crippen LogP contribution in [0.3, 0.4) is 0 Å². The third-order valence-corrected chi connectivity index (χ3v) is 5.52. The third-order valence-electron chi connectivity index (χ3n) is 4.07. The summed E-state index contributed by atoms with van der Waals surface area (Å²) < 4.78 is 38.3. The highest BCUT2D eigenvalue weighted by molar-refractivity contribution is 7.89. The van der Waals surface area contributed by atoms with Crippen LogP contribution in [0.1, 0.15) is 12.0 Å². The summed E-state index contributed by atoms with van der Waals surface area (Å²) in [5.41, 5.74) is -0.733. The lowest BCUT2D eigenvalue weighted by Gasteiger charge is -2.34. The third kappa shape index (κ3) is 3.10. The number of hydrogen-bond donors (Lipinski definition) is 2. The van der Waals surface area contributed by atoms with Gasteiger partial charge in [0, 0.05) is 18.5 Å². The molecule has 0 spiro atoms. The highest BCUT2D eigenvalue weighted by atomic mass is 32.2. The molecular weight excluding hydrogens is 330 g/mol. The van der Waals surface area contributed by atoms with Crippen molar-refractivity contribution >= 4 is 10.0 Å². The van der Waals surface area contributed by atoms with Gasteiger partial charge in [-0.25, -0.2) is 13.1 Å². The number of methoxy groups -OCH3 is 1. The molecule has 1 heterocycles. The second-order valence-electron chi connectivity index (χ2n) is 5.60. The molecule has 0 bridgehead atoms. The van der Waals surface area contributed by atoms with Crippen molar-refractivity contribution in [2.24, 2.45) is 0 Å². The zero-order valence-electron chi connectivity index (χ0n) is 13.2. The van der Waals surface area contributed by atoms with Crippen molar-refractivity contribution < 1.29 is 23.0 Å². The molecule has 2 aromatic carbocycles. The van der Waals surface area contributed by atoms with Crippen LogP contribution in [-0.4, -0.2) is 33.8 Å². The Morgan fingerprint density at radius 3 is 2.71 bits per heavy atom. The van der Waals surface area contributed by atoms with Crippen LogP contribution in [-0.2, 0) is 15.6 Å². The van der Waals surface area contributed by atoms with Gasteiger partial charge in [0.1, 0.15) is 22.0 Å². The van der Waals surface area contributed by atoms with Crippen LogP contribution in [0, 0.1) is 0 Å². The highest BCUT2D eigenvalue weighted by Gasteiger charge is 2.37. The molecule has 2 N–H and O–H groups in total. The lowest BCUT2D eigenvalue weighted by atomic mass is 9.88. The zero-order chi connectivity index (χ0) is 17.2. The van der Waals surface area contributed by atoms with E-state index >= 15 is 0 Å². The van der Waals surface area contributed by atoms with Crippen molar-refractivity contribution in [3.63, 3.8) is 0 Å². The molecule has 1 atom stereocenters. The number of nitrogens with one attached hydrogen (secondary N) is 1. The van der Waals surface area contributed by atoms with E-state index < -0.39 is 15.6 Å². The SMILES string of the molecule is COc1ccccc1S(=O)(=O)NC[C@]1(O)CCOc2ccccc21. The van der Waals surface area contributed by atoms with Gasteiger partial charge in [0.05, 0.1) is 13.7 Å². The summed E-state index contributed by atoms with van der Waals surface area (Å²) in [5.74, 6) is 0.826. The lowest BCUT2D eigenvalue weighted by Crippen LogP contribution is -2.43. The van der Waals surface area contributed by atoms with Gasteiger partial charge in [0.15, 0.2) is 0 Å². The molecule has 6 nitrogen and oxygen atoms in total.